The molecule has 7 nitrogen and oxygen atoms in total. The molecule has 98 valence electrons. The van der Waals surface area contributed by atoms with Gasteiger partial charge in [0.15, 0.2) is 5.82 Å². The van der Waals surface area contributed by atoms with Gasteiger partial charge in [-0.25, -0.2) is 0 Å². The first-order valence-electron chi connectivity index (χ1n) is 6.31. The van der Waals surface area contributed by atoms with E-state index in [-0.39, 0.29) is 12.5 Å². The summed E-state index contributed by atoms with van der Waals surface area (Å²) in [5, 5.41) is 16.1. The zero-order chi connectivity index (χ0) is 13.1. The van der Waals surface area contributed by atoms with Crippen molar-refractivity contribution in [1.29, 1.82) is 0 Å². The second kappa shape index (κ2) is 5.13. The molecule has 0 bridgehead atoms. The number of carbonyl (C=O) groups is 1. The number of tetrazole rings is 1. The van der Waals surface area contributed by atoms with Gasteiger partial charge in [0, 0.05) is 11.9 Å². The number of hydrogen-bond donors (Lipinski definition) is 2. The predicted molar refractivity (Wildman–Crippen MR) is 66.2 cm³/mol. The van der Waals surface area contributed by atoms with E-state index in [1.165, 1.54) is 18.4 Å². The molecule has 0 saturated carbocycles. The highest BCUT2D eigenvalue weighted by Crippen LogP contribution is 2.19. The normalized spacial score (nSPS) is 13.9. The summed E-state index contributed by atoms with van der Waals surface area (Å²) in [6, 6.07) is 1.94. The van der Waals surface area contributed by atoms with Crippen molar-refractivity contribution in [2.24, 2.45) is 0 Å². The topological polar surface area (TPSA) is 96.5 Å². The van der Waals surface area contributed by atoms with Gasteiger partial charge in [-0.1, -0.05) is 5.21 Å². The number of nitrogens with one attached hydrogen (secondary N) is 2. The van der Waals surface area contributed by atoms with Crippen LogP contribution in [0.5, 0.6) is 0 Å². The van der Waals surface area contributed by atoms with Gasteiger partial charge in [-0.2, -0.15) is 5.21 Å². The fraction of sp³-hybridized carbons (Fsp3) is 0.417. The third-order valence-corrected chi connectivity index (χ3v) is 3.23. The van der Waals surface area contributed by atoms with Crippen LogP contribution < -0.4 is 5.32 Å². The number of aromatic nitrogens is 5. The molecule has 0 aromatic carbocycles. The van der Waals surface area contributed by atoms with Crippen molar-refractivity contribution in [3.63, 3.8) is 0 Å². The molecule has 2 aromatic heterocycles. The van der Waals surface area contributed by atoms with Crippen LogP contribution in [0.2, 0.25) is 0 Å². The Morgan fingerprint density at radius 3 is 3.11 bits per heavy atom. The van der Waals surface area contributed by atoms with Crippen molar-refractivity contribution >= 4 is 5.91 Å². The Morgan fingerprint density at radius 1 is 1.37 bits per heavy atom. The summed E-state index contributed by atoms with van der Waals surface area (Å²) >= 11 is 0. The zero-order valence-corrected chi connectivity index (χ0v) is 10.4. The molecule has 3 rings (SSSR count). The molecule has 0 atom stereocenters. The van der Waals surface area contributed by atoms with Gasteiger partial charge in [-0.05, 0) is 37.3 Å². The monoisotopic (exact) mass is 258 g/mol. The number of H-pyrrole nitrogens is 1. The smallest absolute Gasteiger partial charge is 0.253 e. The standard InChI is InChI=1S/C12H14N6O/c19-12(14-7-11-15-17-18-16-11)9-5-8-3-1-2-4-10(8)13-6-9/h5-6H,1-4,7H2,(H,14,19)(H,15,16,17,18). The molecule has 1 aliphatic rings. The van der Waals surface area contributed by atoms with Gasteiger partial charge in [0.1, 0.15) is 0 Å². The van der Waals surface area contributed by atoms with E-state index in [0.717, 1.165) is 18.5 Å². The van der Waals surface area contributed by atoms with Gasteiger partial charge < -0.3 is 5.32 Å². The number of rotatable bonds is 3. The van der Waals surface area contributed by atoms with Crippen molar-refractivity contribution in [3.05, 3.63) is 34.9 Å². The van der Waals surface area contributed by atoms with Crippen LogP contribution in [0.25, 0.3) is 0 Å². The quantitative estimate of drug-likeness (QED) is 0.830. The van der Waals surface area contributed by atoms with E-state index >= 15 is 0 Å². The number of aromatic amines is 1. The van der Waals surface area contributed by atoms with Gasteiger partial charge in [-0.3, -0.25) is 9.78 Å². The Balaban J connectivity index is 1.69. The second-order valence-electron chi connectivity index (χ2n) is 4.55. The highest BCUT2D eigenvalue weighted by Gasteiger charge is 2.14. The van der Waals surface area contributed by atoms with Crippen LogP contribution in [0, 0.1) is 0 Å². The SMILES string of the molecule is O=C(NCc1nn[nH]n1)c1cnc2c(c1)CCCC2. The lowest BCUT2D eigenvalue weighted by molar-refractivity contribution is 0.0949. The molecule has 0 saturated heterocycles. The number of hydrogen-bond acceptors (Lipinski definition) is 5. The molecular weight excluding hydrogens is 244 g/mol. The lowest BCUT2D eigenvalue weighted by Gasteiger charge is -2.15. The van der Waals surface area contributed by atoms with Crippen LogP contribution in [0.3, 0.4) is 0 Å². The average Bonchev–Trinajstić information content (AvgIpc) is 2.97. The molecular formula is C12H14N6O. The Labute approximate surface area is 109 Å². The van der Waals surface area contributed by atoms with E-state index < -0.39 is 0 Å². The van der Waals surface area contributed by atoms with Gasteiger partial charge in [0.2, 0.25) is 0 Å². The van der Waals surface area contributed by atoms with E-state index in [9.17, 15) is 4.79 Å². The highest BCUT2D eigenvalue weighted by molar-refractivity contribution is 5.94. The molecule has 1 aliphatic carbocycles. The Morgan fingerprint density at radius 2 is 2.26 bits per heavy atom. The number of amides is 1. The number of nitrogens with zero attached hydrogens (tertiary/aromatic N) is 4. The summed E-state index contributed by atoms with van der Waals surface area (Å²) in [7, 11) is 0. The van der Waals surface area contributed by atoms with Gasteiger partial charge in [-0.15, -0.1) is 10.2 Å². The molecule has 2 aromatic rings. The second-order valence-corrected chi connectivity index (χ2v) is 4.55. The van der Waals surface area contributed by atoms with Gasteiger partial charge in [0.05, 0.1) is 12.1 Å². The minimum atomic E-state index is -0.161. The predicted octanol–water partition coefficient (Wildman–Crippen LogP) is 0.403. The molecule has 0 unspecified atom stereocenters. The van der Waals surface area contributed by atoms with Crippen molar-refractivity contribution in [3.8, 4) is 0 Å². The molecule has 0 radical (unpaired) electrons. The fourth-order valence-electron chi connectivity index (χ4n) is 2.23. The first kappa shape index (κ1) is 11.8. The summed E-state index contributed by atoms with van der Waals surface area (Å²) in [5.74, 6) is 0.296. The first-order valence-corrected chi connectivity index (χ1v) is 6.31. The minimum Gasteiger partial charge on any atom is -0.345 e. The highest BCUT2D eigenvalue weighted by atomic mass is 16.1. The molecule has 0 spiro atoms. The largest absolute Gasteiger partial charge is 0.345 e. The molecule has 2 heterocycles. The van der Waals surface area contributed by atoms with Crippen molar-refractivity contribution in [2.45, 2.75) is 32.2 Å². The van der Waals surface area contributed by atoms with E-state index in [0.29, 0.717) is 11.4 Å². The number of pyridine rings is 1. The maximum atomic E-state index is 12.0. The Kier molecular flexibility index (Phi) is 3.18. The van der Waals surface area contributed by atoms with Gasteiger partial charge in [0.25, 0.3) is 5.91 Å². The van der Waals surface area contributed by atoms with Crippen LogP contribution in [0.4, 0.5) is 0 Å². The number of carbonyl (C=O) groups excluding carboxylic acids is 1. The molecule has 0 fully saturated rings. The van der Waals surface area contributed by atoms with E-state index in [4.69, 9.17) is 0 Å². The average molecular weight is 258 g/mol. The van der Waals surface area contributed by atoms with Crippen LogP contribution in [-0.2, 0) is 19.4 Å². The van der Waals surface area contributed by atoms with Crippen LogP contribution >= 0.6 is 0 Å². The summed E-state index contributed by atoms with van der Waals surface area (Å²) in [5.41, 5.74) is 2.91. The number of fused-ring (bicyclic) bond motifs is 1. The van der Waals surface area contributed by atoms with E-state index in [2.05, 4.69) is 30.9 Å². The third kappa shape index (κ3) is 2.59. The molecule has 1 amide bonds. The maximum absolute atomic E-state index is 12.0. The third-order valence-electron chi connectivity index (χ3n) is 3.23. The zero-order valence-electron chi connectivity index (χ0n) is 10.4. The van der Waals surface area contributed by atoms with E-state index in [1.54, 1.807) is 6.20 Å². The number of aryl methyl sites for hydroxylation is 2. The molecule has 19 heavy (non-hydrogen) atoms. The lowest BCUT2D eigenvalue weighted by Crippen LogP contribution is -2.24. The molecule has 0 aliphatic heterocycles. The van der Waals surface area contributed by atoms with E-state index in [1.807, 2.05) is 6.07 Å². The summed E-state index contributed by atoms with van der Waals surface area (Å²) in [6.45, 7) is 0.256. The maximum Gasteiger partial charge on any atom is 0.253 e. The van der Waals surface area contributed by atoms with Crippen LogP contribution in [0.15, 0.2) is 12.3 Å². The molecule has 2 N–H and O–H groups in total. The van der Waals surface area contributed by atoms with Crippen molar-refractivity contribution in [2.75, 3.05) is 0 Å². The summed E-state index contributed by atoms with van der Waals surface area (Å²) < 4.78 is 0. The Hall–Kier alpha value is -2.31. The summed E-state index contributed by atoms with van der Waals surface area (Å²) in [4.78, 5) is 16.4. The van der Waals surface area contributed by atoms with Crippen molar-refractivity contribution in [1.82, 2.24) is 30.9 Å². The van der Waals surface area contributed by atoms with Crippen LogP contribution in [-0.4, -0.2) is 31.5 Å². The first-order chi connectivity index (χ1) is 9.33. The summed E-state index contributed by atoms with van der Waals surface area (Å²) in [6.07, 6.45) is 6.01. The minimum absolute atomic E-state index is 0.161. The Bertz CT molecular complexity index is 580. The lowest BCUT2D eigenvalue weighted by atomic mass is 9.95. The fourth-order valence-corrected chi connectivity index (χ4v) is 2.23. The molecule has 7 heteroatoms. The van der Waals surface area contributed by atoms with Crippen molar-refractivity contribution < 1.29 is 4.79 Å². The van der Waals surface area contributed by atoms with Gasteiger partial charge >= 0.3 is 0 Å². The van der Waals surface area contributed by atoms with Crippen LogP contribution in [0.1, 0.15) is 40.3 Å².